The molecule has 0 aliphatic heterocycles. The van der Waals surface area contributed by atoms with Crippen molar-refractivity contribution in [3.05, 3.63) is 24.3 Å². The lowest BCUT2D eigenvalue weighted by molar-refractivity contribution is -0.171. The number of rotatable bonds is 3. The van der Waals surface area contributed by atoms with E-state index < -0.39 is 24.3 Å². The Hall–Kier alpha value is -1.70. The third kappa shape index (κ3) is 29.2. The minimum Gasteiger partial charge on any atom is -0.478 e. The highest BCUT2D eigenvalue weighted by molar-refractivity contribution is 5.85. The van der Waals surface area contributed by atoms with Gasteiger partial charge in [0.25, 0.3) is 0 Å². The van der Waals surface area contributed by atoms with Gasteiger partial charge in [-0.3, -0.25) is 0 Å². The normalized spacial score (nSPS) is 9.00. The Kier molecular flexibility index (Phi) is 12.5. The molecule has 0 rings (SSSR count). The average molecular weight is 264 g/mol. The van der Waals surface area contributed by atoms with Crippen LogP contribution in [0.1, 0.15) is 20.8 Å². The average Bonchev–Trinajstić information content (AvgIpc) is 2.18. The molecule has 7 heteroatoms. The first-order valence-electron chi connectivity index (χ1n) is 4.68. The van der Waals surface area contributed by atoms with Crippen LogP contribution in [0.3, 0.4) is 0 Å². The molecule has 0 fully saturated rings. The molecule has 18 heavy (non-hydrogen) atoms. The Labute approximate surface area is 105 Å². The van der Waals surface area contributed by atoms with Crippen LogP contribution >= 0.6 is 0 Å². The van der Waals surface area contributed by atoms with Gasteiger partial charge in [0.2, 0.25) is 0 Å². The van der Waals surface area contributed by atoms with Crippen molar-refractivity contribution in [3.8, 4) is 0 Å². The molecular weight excluding hydrogens is 244 g/mol. The zero-order valence-corrected chi connectivity index (χ0v) is 10.7. The quantitative estimate of drug-likeness (QED) is 0.357. The highest BCUT2D eigenvalue weighted by Gasteiger charge is 2.10. The lowest BCUT2D eigenvalue weighted by Crippen LogP contribution is -2.27. The van der Waals surface area contributed by atoms with Crippen molar-refractivity contribution in [2.24, 2.45) is 0 Å². The van der Waals surface area contributed by atoms with Crippen molar-refractivity contribution in [2.45, 2.75) is 26.6 Å². The van der Waals surface area contributed by atoms with Gasteiger partial charge in [-0.2, -0.15) is 0 Å². The standard InChI is InChI=1S/2C4H6O2.C3H8O3/c2*1-3(2)4(5)6;1-3(5,6)2-4/h2*1H2,2H3,(H,5,6);4-6H,2H2,1H3. The summed E-state index contributed by atoms with van der Waals surface area (Å²) in [5, 5.41) is 39.9. The third-order valence-corrected chi connectivity index (χ3v) is 1.03. The topological polar surface area (TPSA) is 135 Å². The molecule has 0 saturated carbocycles. The highest BCUT2D eigenvalue weighted by atomic mass is 16.5. The third-order valence-electron chi connectivity index (χ3n) is 1.03. The molecule has 0 aromatic heterocycles. The monoisotopic (exact) mass is 264 g/mol. The molecule has 0 atom stereocenters. The van der Waals surface area contributed by atoms with Crippen LogP contribution < -0.4 is 0 Å². The Morgan fingerprint density at radius 1 is 1.00 bits per heavy atom. The second-order valence-corrected chi connectivity index (χ2v) is 3.55. The van der Waals surface area contributed by atoms with E-state index in [2.05, 4.69) is 13.2 Å². The summed E-state index contributed by atoms with van der Waals surface area (Å²) in [5.41, 5.74) is 0.352. The van der Waals surface area contributed by atoms with Gasteiger partial charge in [-0.1, -0.05) is 13.2 Å². The molecule has 0 aliphatic carbocycles. The maximum Gasteiger partial charge on any atom is 0.330 e. The number of hydrogen-bond acceptors (Lipinski definition) is 5. The molecule has 0 spiro atoms. The molecule has 106 valence electrons. The molecule has 0 aliphatic rings. The van der Waals surface area contributed by atoms with Gasteiger partial charge in [0, 0.05) is 11.1 Å². The Bertz CT molecular complexity index is 251. The van der Waals surface area contributed by atoms with E-state index in [9.17, 15) is 9.59 Å². The van der Waals surface area contributed by atoms with E-state index in [1.54, 1.807) is 0 Å². The van der Waals surface area contributed by atoms with E-state index >= 15 is 0 Å². The maximum atomic E-state index is 9.60. The summed E-state index contributed by atoms with van der Waals surface area (Å²) in [6.07, 6.45) is 0. The van der Waals surface area contributed by atoms with Gasteiger partial charge in [0.1, 0.15) is 0 Å². The number of aliphatic hydroxyl groups excluding tert-OH is 1. The summed E-state index contributed by atoms with van der Waals surface area (Å²) in [6, 6.07) is 0. The smallest absolute Gasteiger partial charge is 0.330 e. The molecule has 0 saturated heterocycles. The van der Waals surface area contributed by atoms with Crippen LogP contribution in [0, 0.1) is 0 Å². The van der Waals surface area contributed by atoms with Crippen LogP contribution in [-0.2, 0) is 9.59 Å². The zero-order chi connectivity index (χ0) is 15.5. The van der Waals surface area contributed by atoms with Crippen molar-refractivity contribution >= 4 is 11.9 Å². The van der Waals surface area contributed by atoms with Crippen LogP contribution in [-0.4, -0.2) is 49.9 Å². The Balaban J connectivity index is -0.000000187. The second-order valence-electron chi connectivity index (χ2n) is 3.55. The van der Waals surface area contributed by atoms with Crippen molar-refractivity contribution in [2.75, 3.05) is 6.61 Å². The van der Waals surface area contributed by atoms with Gasteiger partial charge >= 0.3 is 11.9 Å². The lowest BCUT2D eigenvalue weighted by atomic mass is 10.4. The summed E-state index contributed by atoms with van der Waals surface area (Å²) in [6.45, 7) is 9.69. The Morgan fingerprint density at radius 2 is 1.11 bits per heavy atom. The fourth-order valence-corrected chi connectivity index (χ4v) is 0. The molecule has 0 radical (unpaired) electrons. The summed E-state index contributed by atoms with van der Waals surface area (Å²) >= 11 is 0. The minimum absolute atomic E-state index is 0.176. The van der Waals surface area contributed by atoms with E-state index in [1.165, 1.54) is 13.8 Å². The van der Waals surface area contributed by atoms with Crippen LogP contribution in [0.2, 0.25) is 0 Å². The summed E-state index contributed by atoms with van der Waals surface area (Å²) < 4.78 is 0. The van der Waals surface area contributed by atoms with Crippen LogP contribution in [0.5, 0.6) is 0 Å². The summed E-state index contributed by atoms with van der Waals surface area (Å²) in [7, 11) is 0. The van der Waals surface area contributed by atoms with Crippen molar-refractivity contribution < 1.29 is 35.1 Å². The predicted octanol–water partition coefficient (Wildman–Crippen LogP) is -0.0263. The second kappa shape index (κ2) is 10.5. The van der Waals surface area contributed by atoms with Crippen molar-refractivity contribution in [1.82, 2.24) is 0 Å². The predicted molar refractivity (Wildman–Crippen MR) is 64.8 cm³/mol. The van der Waals surface area contributed by atoms with Crippen LogP contribution in [0.25, 0.3) is 0 Å². The van der Waals surface area contributed by atoms with Crippen LogP contribution in [0.4, 0.5) is 0 Å². The lowest BCUT2D eigenvalue weighted by Gasteiger charge is -2.09. The maximum absolute atomic E-state index is 9.60. The number of carboxylic acid groups (broad SMARTS) is 2. The number of hydrogen-bond donors (Lipinski definition) is 5. The first-order valence-corrected chi connectivity index (χ1v) is 4.68. The number of aliphatic carboxylic acids is 2. The molecular formula is C11H20O7. The fraction of sp³-hybridized carbons (Fsp3) is 0.455. The Morgan fingerprint density at radius 3 is 1.11 bits per heavy atom. The number of aliphatic hydroxyl groups is 3. The van der Waals surface area contributed by atoms with E-state index in [-0.39, 0.29) is 11.1 Å². The molecule has 0 aromatic carbocycles. The first kappa shape index (κ1) is 21.6. The van der Waals surface area contributed by atoms with Crippen molar-refractivity contribution in [1.29, 1.82) is 0 Å². The molecule has 0 amide bonds. The van der Waals surface area contributed by atoms with Gasteiger partial charge in [-0.05, 0) is 20.8 Å². The number of carboxylic acids is 2. The van der Waals surface area contributed by atoms with Crippen LogP contribution in [0.15, 0.2) is 24.3 Å². The largest absolute Gasteiger partial charge is 0.478 e. The molecule has 0 aromatic rings. The first-order chi connectivity index (χ1) is 7.85. The van der Waals surface area contributed by atoms with E-state index in [1.807, 2.05) is 0 Å². The van der Waals surface area contributed by atoms with Gasteiger partial charge in [-0.25, -0.2) is 9.59 Å². The van der Waals surface area contributed by atoms with E-state index in [0.717, 1.165) is 6.92 Å². The van der Waals surface area contributed by atoms with Gasteiger partial charge < -0.3 is 25.5 Å². The van der Waals surface area contributed by atoms with E-state index in [4.69, 9.17) is 25.5 Å². The minimum atomic E-state index is -1.90. The molecule has 5 N–H and O–H groups in total. The zero-order valence-electron chi connectivity index (χ0n) is 10.7. The van der Waals surface area contributed by atoms with Gasteiger partial charge in [0.15, 0.2) is 5.79 Å². The fourth-order valence-electron chi connectivity index (χ4n) is 0. The molecule has 0 heterocycles. The van der Waals surface area contributed by atoms with Gasteiger partial charge in [-0.15, -0.1) is 0 Å². The van der Waals surface area contributed by atoms with E-state index in [0.29, 0.717) is 0 Å². The molecule has 7 nitrogen and oxygen atoms in total. The SMILES string of the molecule is C=C(C)C(=O)O.C=C(C)C(=O)O.CC(O)(O)CO. The summed E-state index contributed by atoms with van der Waals surface area (Å²) in [4.78, 5) is 19.2. The van der Waals surface area contributed by atoms with Crippen molar-refractivity contribution in [3.63, 3.8) is 0 Å². The highest BCUT2D eigenvalue weighted by Crippen LogP contribution is 1.90. The van der Waals surface area contributed by atoms with Gasteiger partial charge in [0.05, 0.1) is 6.61 Å². The number of carbonyl (C=O) groups is 2. The summed E-state index contributed by atoms with van der Waals surface area (Å²) in [5.74, 6) is -3.77. The molecule has 0 unspecified atom stereocenters. The molecule has 0 bridgehead atoms.